The lowest BCUT2D eigenvalue weighted by Gasteiger charge is -2.36. The fraction of sp³-hybridized carbons (Fsp3) is 0.273. The summed E-state index contributed by atoms with van der Waals surface area (Å²) in [5, 5.41) is 3.41. The van der Waals surface area contributed by atoms with Gasteiger partial charge in [0.25, 0.3) is 0 Å². The van der Waals surface area contributed by atoms with Crippen LogP contribution in [0.5, 0.6) is 0 Å². The van der Waals surface area contributed by atoms with E-state index >= 15 is 0 Å². The van der Waals surface area contributed by atoms with Crippen LogP contribution in [0.25, 0.3) is 5.57 Å². The Labute approximate surface area is 170 Å². The summed E-state index contributed by atoms with van der Waals surface area (Å²) in [7, 11) is 0. The summed E-state index contributed by atoms with van der Waals surface area (Å²) in [5.74, 6) is -0.315. The van der Waals surface area contributed by atoms with Crippen LogP contribution in [0.3, 0.4) is 0 Å². The SMILES string of the molecule is C/C(=C\C(=O)NCC(=O)N1CCN(c2ccc(Cl)cc2)CC1)c1ccccc1. The van der Waals surface area contributed by atoms with Crippen molar-refractivity contribution in [3.63, 3.8) is 0 Å². The molecular weight excluding hydrogens is 374 g/mol. The van der Waals surface area contributed by atoms with Crippen molar-refractivity contribution in [1.29, 1.82) is 0 Å². The first-order chi connectivity index (χ1) is 13.5. The van der Waals surface area contributed by atoms with Crippen LogP contribution in [0.4, 0.5) is 5.69 Å². The van der Waals surface area contributed by atoms with Gasteiger partial charge in [0.2, 0.25) is 11.8 Å². The summed E-state index contributed by atoms with van der Waals surface area (Å²) in [6, 6.07) is 17.4. The predicted molar refractivity (Wildman–Crippen MR) is 113 cm³/mol. The van der Waals surface area contributed by atoms with Gasteiger partial charge >= 0.3 is 0 Å². The van der Waals surface area contributed by atoms with E-state index in [4.69, 9.17) is 11.6 Å². The van der Waals surface area contributed by atoms with Gasteiger partial charge in [-0.05, 0) is 42.3 Å². The molecule has 1 saturated heterocycles. The maximum absolute atomic E-state index is 12.4. The van der Waals surface area contributed by atoms with Crippen LogP contribution < -0.4 is 10.2 Å². The summed E-state index contributed by atoms with van der Waals surface area (Å²) < 4.78 is 0. The molecule has 5 nitrogen and oxygen atoms in total. The van der Waals surface area contributed by atoms with Crippen LogP contribution in [0.2, 0.25) is 5.02 Å². The van der Waals surface area contributed by atoms with Crippen LogP contribution in [-0.2, 0) is 9.59 Å². The fourth-order valence-corrected chi connectivity index (χ4v) is 3.30. The molecule has 1 aliphatic rings. The zero-order valence-corrected chi connectivity index (χ0v) is 16.7. The number of piperazine rings is 1. The molecule has 1 aliphatic heterocycles. The second-order valence-electron chi connectivity index (χ2n) is 6.76. The van der Waals surface area contributed by atoms with Crippen LogP contribution >= 0.6 is 11.6 Å². The highest BCUT2D eigenvalue weighted by Gasteiger charge is 2.21. The summed E-state index contributed by atoms with van der Waals surface area (Å²) in [6.45, 7) is 4.68. The molecule has 1 fully saturated rings. The molecule has 0 aromatic heterocycles. The van der Waals surface area contributed by atoms with Crippen molar-refractivity contribution >= 4 is 34.7 Å². The molecular formula is C22H24ClN3O2. The van der Waals surface area contributed by atoms with Crippen molar-refractivity contribution in [3.8, 4) is 0 Å². The highest BCUT2D eigenvalue weighted by molar-refractivity contribution is 6.30. The van der Waals surface area contributed by atoms with E-state index in [-0.39, 0.29) is 18.4 Å². The zero-order chi connectivity index (χ0) is 19.9. The molecule has 28 heavy (non-hydrogen) atoms. The Morgan fingerprint density at radius 3 is 2.29 bits per heavy atom. The number of hydrogen-bond acceptors (Lipinski definition) is 3. The Morgan fingerprint density at radius 2 is 1.64 bits per heavy atom. The number of nitrogens with zero attached hydrogens (tertiary/aromatic N) is 2. The summed E-state index contributed by atoms with van der Waals surface area (Å²) in [4.78, 5) is 28.5. The molecule has 1 heterocycles. The van der Waals surface area contributed by atoms with Crippen LogP contribution in [0, 0.1) is 0 Å². The molecule has 0 radical (unpaired) electrons. The summed E-state index contributed by atoms with van der Waals surface area (Å²) >= 11 is 5.93. The Morgan fingerprint density at radius 1 is 1.00 bits per heavy atom. The van der Waals surface area contributed by atoms with Crippen molar-refractivity contribution in [1.82, 2.24) is 10.2 Å². The van der Waals surface area contributed by atoms with Gasteiger partial charge in [0, 0.05) is 43.0 Å². The zero-order valence-electron chi connectivity index (χ0n) is 15.9. The molecule has 2 aromatic carbocycles. The Hall–Kier alpha value is -2.79. The van der Waals surface area contributed by atoms with Crippen molar-refractivity contribution in [2.45, 2.75) is 6.92 Å². The summed E-state index contributed by atoms with van der Waals surface area (Å²) in [5.41, 5.74) is 2.95. The number of amides is 2. The van der Waals surface area contributed by atoms with Gasteiger partial charge in [0.05, 0.1) is 6.54 Å². The first kappa shape index (κ1) is 20.0. The van der Waals surface area contributed by atoms with Gasteiger partial charge in [-0.3, -0.25) is 9.59 Å². The highest BCUT2D eigenvalue weighted by Crippen LogP contribution is 2.19. The van der Waals surface area contributed by atoms with Crippen LogP contribution in [0.1, 0.15) is 12.5 Å². The molecule has 146 valence electrons. The monoisotopic (exact) mass is 397 g/mol. The van der Waals surface area contributed by atoms with Crippen molar-refractivity contribution < 1.29 is 9.59 Å². The third-order valence-corrected chi connectivity index (χ3v) is 5.07. The normalized spacial score (nSPS) is 14.7. The molecule has 6 heteroatoms. The fourth-order valence-electron chi connectivity index (χ4n) is 3.17. The van der Waals surface area contributed by atoms with Crippen LogP contribution in [-0.4, -0.2) is 49.4 Å². The first-order valence-electron chi connectivity index (χ1n) is 9.33. The molecule has 0 saturated carbocycles. The smallest absolute Gasteiger partial charge is 0.244 e. The van der Waals surface area contributed by atoms with E-state index < -0.39 is 0 Å². The minimum absolute atomic E-state index is 0.0122. The molecule has 3 rings (SSSR count). The van der Waals surface area contributed by atoms with Gasteiger partial charge in [0.1, 0.15) is 0 Å². The van der Waals surface area contributed by atoms with Gasteiger partial charge in [-0.25, -0.2) is 0 Å². The number of carbonyl (C=O) groups excluding carboxylic acids is 2. The van der Waals surface area contributed by atoms with Crippen molar-refractivity contribution in [2.24, 2.45) is 0 Å². The minimum atomic E-state index is -0.255. The average Bonchev–Trinajstić information content (AvgIpc) is 2.73. The lowest BCUT2D eigenvalue weighted by Crippen LogP contribution is -2.51. The summed E-state index contributed by atoms with van der Waals surface area (Å²) in [6.07, 6.45) is 1.53. The number of hydrogen-bond donors (Lipinski definition) is 1. The van der Waals surface area contributed by atoms with E-state index in [2.05, 4.69) is 10.2 Å². The van der Waals surface area contributed by atoms with Crippen molar-refractivity contribution in [2.75, 3.05) is 37.6 Å². The standard InChI is InChI=1S/C22H24ClN3O2/c1-17(18-5-3-2-4-6-18)15-21(27)24-16-22(28)26-13-11-25(12-14-26)20-9-7-19(23)8-10-20/h2-10,15H,11-14,16H2,1H3,(H,24,27)/b17-15+. The van der Waals surface area contributed by atoms with Gasteiger partial charge in [-0.2, -0.15) is 0 Å². The van der Waals surface area contributed by atoms with Gasteiger partial charge in [0.15, 0.2) is 0 Å². The predicted octanol–water partition coefficient (Wildman–Crippen LogP) is 3.21. The number of anilines is 1. The van der Waals surface area contributed by atoms with Gasteiger partial charge in [-0.15, -0.1) is 0 Å². The number of carbonyl (C=O) groups is 2. The second-order valence-corrected chi connectivity index (χ2v) is 7.19. The first-order valence-corrected chi connectivity index (χ1v) is 9.70. The number of benzene rings is 2. The van der Waals surface area contributed by atoms with E-state index in [1.165, 1.54) is 6.08 Å². The van der Waals surface area contributed by atoms with E-state index in [1.807, 2.05) is 61.5 Å². The van der Waals surface area contributed by atoms with Crippen molar-refractivity contribution in [3.05, 3.63) is 71.3 Å². The third-order valence-electron chi connectivity index (χ3n) is 4.81. The lowest BCUT2D eigenvalue weighted by atomic mass is 10.1. The minimum Gasteiger partial charge on any atom is -0.368 e. The number of halogens is 1. The number of rotatable bonds is 5. The topological polar surface area (TPSA) is 52.7 Å². The third kappa shape index (κ3) is 5.36. The van der Waals surface area contributed by atoms with E-state index in [0.29, 0.717) is 18.1 Å². The molecule has 2 amide bonds. The van der Waals surface area contributed by atoms with E-state index in [1.54, 1.807) is 4.90 Å². The van der Waals surface area contributed by atoms with Crippen LogP contribution in [0.15, 0.2) is 60.7 Å². The molecule has 0 unspecified atom stereocenters. The molecule has 0 atom stereocenters. The average molecular weight is 398 g/mol. The molecule has 1 N–H and O–H groups in total. The van der Waals surface area contributed by atoms with E-state index in [0.717, 1.165) is 29.9 Å². The van der Waals surface area contributed by atoms with Gasteiger partial charge < -0.3 is 15.1 Å². The Kier molecular flexibility index (Phi) is 6.71. The quantitative estimate of drug-likeness (QED) is 0.788. The molecule has 0 aliphatic carbocycles. The Balaban J connectivity index is 1.45. The maximum Gasteiger partial charge on any atom is 0.244 e. The lowest BCUT2D eigenvalue weighted by molar-refractivity contribution is -0.132. The van der Waals surface area contributed by atoms with Gasteiger partial charge in [-0.1, -0.05) is 41.9 Å². The number of allylic oxidation sites excluding steroid dienone is 1. The Bertz CT molecular complexity index is 842. The largest absolute Gasteiger partial charge is 0.368 e. The second kappa shape index (κ2) is 9.42. The number of nitrogens with one attached hydrogen (secondary N) is 1. The molecule has 0 bridgehead atoms. The maximum atomic E-state index is 12.4. The molecule has 2 aromatic rings. The van der Waals surface area contributed by atoms with E-state index in [9.17, 15) is 9.59 Å². The highest BCUT2D eigenvalue weighted by atomic mass is 35.5. The molecule has 0 spiro atoms.